The Morgan fingerprint density at radius 2 is 1.68 bits per heavy atom. The van der Waals surface area contributed by atoms with Crippen molar-refractivity contribution in [3.63, 3.8) is 0 Å². The second-order valence-corrected chi connectivity index (χ2v) is 4.88. The molecule has 0 saturated heterocycles. The van der Waals surface area contributed by atoms with Gasteiger partial charge in [-0.15, -0.1) is 0 Å². The first-order valence-corrected chi connectivity index (χ1v) is 6.78. The first kappa shape index (κ1) is 14.1. The molecule has 0 amide bonds. The van der Waals surface area contributed by atoms with Crippen LogP contribution in [0.25, 0.3) is 21.5 Å². The number of esters is 1. The minimum absolute atomic E-state index is 0.121. The van der Waals surface area contributed by atoms with E-state index in [1.807, 2.05) is 30.3 Å². The number of rotatable bonds is 2. The molecular weight excluding hydrogens is 280 g/mol. The van der Waals surface area contributed by atoms with E-state index in [9.17, 15) is 9.59 Å². The lowest BCUT2D eigenvalue weighted by Gasteiger charge is -2.06. The van der Waals surface area contributed by atoms with Gasteiger partial charge in [0.05, 0.1) is 25.2 Å². The third kappa shape index (κ3) is 2.19. The highest BCUT2D eigenvalue weighted by Gasteiger charge is 2.13. The van der Waals surface area contributed by atoms with E-state index < -0.39 is 5.97 Å². The smallest absolute Gasteiger partial charge is 0.338 e. The maximum Gasteiger partial charge on any atom is 0.338 e. The molecular formula is C18H14O4. The zero-order valence-corrected chi connectivity index (χ0v) is 12.3. The summed E-state index contributed by atoms with van der Waals surface area (Å²) in [6, 6.07) is 14.2. The van der Waals surface area contributed by atoms with E-state index in [0.717, 1.165) is 5.39 Å². The van der Waals surface area contributed by atoms with Crippen molar-refractivity contribution in [2.45, 2.75) is 0 Å². The highest BCUT2D eigenvalue weighted by atomic mass is 16.5. The number of methoxy groups -OCH3 is 2. The van der Waals surface area contributed by atoms with Crippen molar-refractivity contribution in [2.24, 2.45) is 0 Å². The van der Waals surface area contributed by atoms with Crippen LogP contribution in [0.5, 0.6) is 5.75 Å². The first-order chi connectivity index (χ1) is 10.7. The molecule has 0 heterocycles. The van der Waals surface area contributed by atoms with Gasteiger partial charge in [-0.2, -0.15) is 0 Å². The molecule has 4 nitrogen and oxygen atoms in total. The molecule has 4 heteroatoms. The van der Waals surface area contributed by atoms with Crippen LogP contribution >= 0.6 is 0 Å². The molecule has 0 unspecified atom stereocenters. The van der Waals surface area contributed by atoms with E-state index in [2.05, 4.69) is 0 Å². The summed E-state index contributed by atoms with van der Waals surface area (Å²) in [5.74, 6) is -0.104. The summed E-state index contributed by atoms with van der Waals surface area (Å²) in [4.78, 5) is 24.6. The van der Waals surface area contributed by atoms with Crippen LogP contribution in [0.1, 0.15) is 10.4 Å². The minimum Gasteiger partial charge on any atom is -0.496 e. The summed E-state index contributed by atoms with van der Waals surface area (Å²) in [6.07, 6.45) is 0. The maximum atomic E-state index is 12.8. The summed E-state index contributed by atoms with van der Waals surface area (Å²) in [7, 11) is 2.79. The lowest BCUT2D eigenvalue weighted by atomic mass is 10.1. The van der Waals surface area contributed by atoms with Crippen molar-refractivity contribution in [1.29, 1.82) is 0 Å². The van der Waals surface area contributed by atoms with Gasteiger partial charge in [0.15, 0.2) is 5.43 Å². The monoisotopic (exact) mass is 294 g/mol. The molecule has 0 saturated carbocycles. The van der Waals surface area contributed by atoms with Gasteiger partial charge >= 0.3 is 5.97 Å². The van der Waals surface area contributed by atoms with E-state index in [0.29, 0.717) is 27.5 Å². The average molecular weight is 294 g/mol. The molecule has 0 aromatic heterocycles. The number of hydrogen-bond donors (Lipinski definition) is 0. The lowest BCUT2D eigenvalue weighted by molar-refractivity contribution is 0.0600. The van der Waals surface area contributed by atoms with Gasteiger partial charge in [-0.05, 0) is 22.9 Å². The summed E-state index contributed by atoms with van der Waals surface area (Å²) >= 11 is 0. The van der Waals surface area contributed by atoms with E-state index in [-0.39, 0.29) is 5.43 Å². The Morgan fingerprint density at radius 1 is 0.955 bits per heavy atom. The average Bonchev–Trinajstić information content (AvgIpc) is 2.71. The summed E-state index contributed by atoms with van der Waals surface area (Å²) < 4.78 is 10.1. The van der Waals surface area contributed by atoms with Crippen LogP contribution in [0.15, 0.2) is 53.3 Å². The Hall–Kier alpha value is -2.88. The number of carbonyl (C=O) groups is 1. The van der Waals surface area contributed by atoms with E-state index in [1.165, 1.54) is 20.3 Å². The predicted octanol–water partition coefficient (Wildman–Crippen LogP) is 3.15. The molecule has 0 radical (unpaired) electrons. The van der Waals surface area contributed by atoms with Gasteiger partial charge in [0.25, 0.3) is 0 Å². The van der Waals surface area contributed by atoms with E-state index in [4.69, 9.17) is 9.47 Å². The molecule has 3 aromatic carbocycles. The number of carbonyl (C=O) groups excluding carboxylic acids is 1. The highest BCUT2D eigenvalue weighted by molar-refractivity contribution is 6.01. The van der Waals surface area contributed by atoms with Gasteiger partial charge in [-0.1, -0.05) is 36.4 Å². The molecule has 22 heavy (non-hydrogen) atoms. The van der Waals surface area contributed by atoms with E-state index >= 15 is 0 Å². The molecule has 0 fully saturated rings. The SMILES string of the molecule is COC(=O)c1cc(OC)c2c(=O)c3ccccc3ccc2c1. The molecule has 3 rings (SSSR count). The number of benzene rings is 2. The molecule has 3 aromatic rings. The van der Waals surface area contributed by atoms with Crippen molar-refractivity contribution in [1.82, 2.24) is 0 Å². The second kappa shape index (κ2) is 5.48. The van der Waals surface area contributed by atoms with Crippen molar-refractivity contribution in [2.75, 3.05) is 14.2 Å². The molecule has 0 bridgehead atoms. The Kier molecular flexibility index (Phi) is 3.51. The standard InChI is InChI=1S/C18H14O4/c1-21-15-10-13(18(20)22-2)9-12-8-7-11-5-3-4-6-14(11)17(19)16(12)15/h3-10H,1-2H3. The van der Waals surface area contributed by atoms with Crippen LogP contribution in [0.4, 0.5) is 0 Å². The lowest BCUT2D eigenvalue weighted by Crippen LogP contribution is -2.05. The largest absolute Gasteiger partial charge is 0.496 e. The number of ether oxygens (including phenoxy) is 2. The van der Waals surface area contributed by atoms with Crippen LogP contribution in [0.3, 0.4) is 0 Å². The second-order valence-electron chi connectivity index (χ2n) is 4.88. The quantitative estimate of drug-likeness (QED) is 0.681. The highest BCUT2D eigenvalue weighted by Crippen LogP contribution is 2.26. The van der Waals surface area contributed by atoms with Crippen LogP contribution in [0.2, 0.25) is 0 Å². The van der Waals surface area contributed by atoms with Crippen molar-refractivity contribution in [3.8, 4) is 5.75 Å². The van der Waals surface area contributed by atoms with Gasteiger partial charge in [0.1, 0.15) is 5.75 Å². The summed E-state index contributed by atoms with van der Waals surface area (Å²) in [5, 5.41) is 2.55. The molecule has 0 aliphatic carbocycles. The maximum absolute atomic E-state index is 12.8. The van der Waals surface area contributed by atoms with Crippen molar-refractivity contribution < 1.29 is 14.3 Å². The van der Waals surface area contributed by atoms with Crippen LogP contribution in [-0.2, 0) is 4.74 Å². The minimum atomic E-state index is -0.469. The molecule has 0 atom stereocenters. The number of fused-ring (bicyclic) bond motifs is 2. The first-order valence-electron chi connectivity index (χ1n) is 6.78. The van der Waals surface area contributed by atoms with Crippen molar-refractivity contribution in [3.05, 3.63) is 64.3 Å². The van der Waals surface area contributed by atoms with Crippen LogP contribution in [-0.4, -0.2) is 20.2 Å². The van der Waals surface area contributed by atoms with Gasteiger partial charge in [-0.3, -0.25) is 4.79 Å². The summed E-state index contributed by atoms with van der Waals surface area (Å²) in [6.45, 7) is 0. The van der Waals surface area contributed by atoms with Gasteiger partial charge in [-0.25, -0.2) is 4.79 Å². The fourth-order valence-corrected chi connectivity index (χ4v) is 2.57. The Morgan fingerprint density at radius 3 is 2.41 bits per heavy atom. The van der Waals surface area contributed by atoms with Crippen LogP contribution < -0.4 is 10.2 Å². The molecule has 110 valence electrons. The zero-order valence-electron chi connectivity index (χ0n) is 12.3. The number of hydrogen-bond acceptors (Lipinski definition) is 4. The van der Waals surface area contributed by atoms with Gasteiger partial charge < -0.3 is 9.47 Å². The van der Waals surface area contributed by atoms with Gasteiger partial charge in [0, 0.05) is 5.39 Å². The Bertz CT molecular complexity index is 944. The Labute approximate surface area is 126 Å². The zero-order chi connectivity index (χ0) is 15.7. The normalized spacial score (nSPS) is 10.6. The topological polar surface area (TPSA) is 52.6 Å². The summed E-state index contributed by atoms with van der Waals surface area (Å²) in [5.41, 5.74) is 0.227. The fourth-order valence-electron chi connectivity index (χ4n) is 2.57. The third-order valence-corrected chi connectivity index (χ3v) is 3.65. The van der Waals surface area contributed by atoms with E-state index in [1.54, 1.807) is 12.1 Å². The molecule has 0 spiro atoms. The van der Waals surface area contributed by atoms with Crippen molar-refractivity contribution >= 4 is 27.5 Å². The third-order valence-electron chi connectivity index (χ3n) is 3.65. The predicted molar refractivity (Wildman–Crippen MR) is 85.6 cm³/mol. The van der Waals surface area contributed by atoms with Crippen LogP contribution in [0, 0.1) is 0 Å². The Balaban J connectivity index is 2.51. The fraction of sp³-hybridized carbons (Fsp3) is 0.111. The molecule has 0 N–H and O–H groups in total. The molecule has 0 aliphatic rings. The molecule has 0 aliphatic heterocycles. The van der Waals surface area contributed by atoms with Gasteiger partial charge in [0.2, 0.25) is 0 Å².